The molecular weight excluding hydrogens is 304 g/mol. The first-order valence-electron chi connectivity index (χ1n) is 7.61. The molecule has 24 heavy (non-hydrogen) atoms. The number of hydroxylamine groups is 1. The van der Waals surface area contributed by atoms with Crippen molar-refractivity contribution in [3.8, 4) is 0 Å². The number of ketones is 1. The molecule has 0 saturated carbocycles. The molecule has 5 nitrogen and oxygen atoms in total. The Morgan fingerprint density at radius 2 is 1.83 bits per heavy atom. The van der Waals surface area contributed by atoms with Gasteiger partial charge in [0.15, 0.2) is 0 Å². The minimum atomic E-state index is -0.582. The van der Waals surface area contributed by atoms with Crippen molar-refractivity contribution in [1.29, 1.82) is 0 Å². The van der Waals surface area contributed by atoms with Crippen molar-refractivity contribution in [2.45, 2.75) is 19.9 Å². The summed E-state index contributed by atoms with van der Waals surface area (Å²) >= 11 is 0. The van der Waals surface area contributed by atoms with E-state index in [2.05, 4.69) is 5.32 Å². The molecule has 0 unspecified atom stereocenters. The van der Waals surface area contributed by atoms with Gasteiger partial charge in [-0.05, 0) is 35.8 Å². The second-order valence-electron chi connectivity index (χ2n) is 5.45. The van der Waals surface area contributed by atoms with E-state index in [4.69, 9.17) is 5.21 Å². The van der Waals surface area contributed by atoms with E-state index in [0.717, 1.165) is 22.4 Å². The van der Waals surface area contributed by atoms with E-state index in [1.807, 2.05) is 48.5 Å². The first kappa shape index (κ1) is 17.4. The molecule has 1 amide bonds. The van der Waals surface area contributed by atoms with E-state index in [0.29, 0.717) is 13.0 Å². The molecule has 2 aromatic carbocycles. The highest BCUT2D eigenvalue weighted by Gasteiger charge is 2.02. The number of carbonyl (C=O) groups is 2. The molecule has 0 aromatic heterocycles. The number of Topliss-reactive ketones (excluding diaryl/α,β-unsaturated/α-hetero) is 1. The maximum Gasteiger partial charge on any atom is 0.267 e. The van der Waals surface area contributed by atoms with Gasteiger partial charge in [-0.3, -0.25) is 14.8 Å². The largest absolute Gasteiger partial charge is 0.380 e. The first-order chi connectivity index (χ1) is 11.6. The van der Waals surface area contributed by atoms with E-state index < -0.39 is 5.91 Å². The lowest BCUT2D eigenvalue weighted by Crippen LogP contribution is -2.14. The standard InChI is InChI=1S/C19H20N2O3/c1-14(22)11-15-5-4-6-16(12-15)13-20-18-8-3-2-7-17(18)9-10-19(23)21-24/h2-10,12,20,24H,11,13H2,1H3,(H,21,23)/b10-9+. The molecular formula is C19H20N2O3. The van der Waals surface area contributed by atoms with E-state index in [1.165, 1.54) is 6.08 Å². The van der Waals surface area contributed by atoms with Crippen molar-refractivity contribution in [2.24, 2.45) is 0 Å². The fourth-order valence-corrected chi connectivity index (χ4v) is 2.34. The SMILES string of the molecule is CC(=O)Cc1cccc(CNc2ccccc2/C=C/C(=O)NO)c1. The summed E-state index contributed by atoms with van der Waals surface area (Å²) < 4.78 is 0. The first-order valence-corrected chi connectivity index (χ1v) is 7.61. The Balaban J connectivity index is 2.08. The average molecular weight is 324 g/mol. The molecule has 0 spiro atoms. The fraction of sp³-hybridized carbons (Fsp3) is 0.158. The highest BCUT2D eigenvalue weighted by Crippen LogP contribution is 2.18. The van der Waals surface area contributed by atoms with Crippen molar-refractivity contribution in [3.05, 3.63) is 71.3 Å². The molecule has 0 radical (unpaired) electrons. The predicted octanol–water partition coefficient (Wildman–Crippen LogP) is 2.95. The zero-order valence-electron chi connectivity index (χ0n) is 13.5. The van der Waals surface area contributed by atoms with Crippen molar-refractivity contribution >= 4 is 23.5 Å². The number of para-hydroxylation sites is 1. The molecule has 0 heterocycles. The summed E-state index contributed by atoms with van der Waals surface area (Å²) in [7, 11) is 0. The maximum absolute atomic E-state index is 11.2. The Hall–Kier alpha value is -2.92. The fourth-order valence-electron chi connectivity index (χ4n) is 2.34. The van der Waals surface area contributed by atoms with E-state index in [9.17, 15) is 9.59 Å². The van der Waals surface area contributed by atoms with Gasteiger partial charge in [-0.1, -0.05) is 42.5 Å². The number of rotatable bonds is 7. The summed E-state index contributed by atoms with van der Waals surface area (Å²) in [5.74, 6) is -0.445. The van der Waals surface area contributed by atoms with Crippen LogP contribution in [-0.2, 0) is 22.6 Å². The Labute approximate surface area is 141 Å². The molecule has 0 saturated heterocycles. The van der Waals surface area contributed by atoms with Crippen molar-refractivity contribution in [1.82, 2.24) is 5.48 Å². The Morgan fingerprint density at radius 1 is 1.08 bits per heavy atom. The van der Waals surface area contributed by atoms with Crippen molar-refractivity contribution in [2.75, 3.05) is 5.32 Å². The number of carbonyl (C=O) groups excluding carboxylic acids is 2. The molecule has 0 fully saturated rings. The van der Waals surface area contributed by atoms with Gasteiger partial charge in [-0.15, -0.1) is 0 Å². The monoisotopic (exact) mass is 324 g/mol. The van der Waals surface area contributed by atoms with Crippen LogP contribution < -0.4 is 10.8 Å². The van der Waals surface area contributed by atoms with Gasteiger partial charge in [0.25, 0.3) is 5.91 Å². The molecule has 0 bridgehead atoms. The lowest BCUT2D eigenvalue weighted by Gasteiger charge is -2.10. The summed E-state index contributed by atoms with van der Waals surface area (Å²) in [6.45, 7) is 2.18. The topological polar surface area (TPSA) is 78.4 Å². The average Bonchev–Trinajstić information content (AvgIpc) is 2.58. The third-order valence-corrected chi connectivity index (χ3v) is 3.41. The van der Waals surface area contributed by atoms with Crippen LogP contribution in [0.3, 0.4) is 0 Å². The molecule has 0 aliphatic heterocycles. The van der Waals surface area contributed by atoms with Crippen molar-refractivity contribution in [3.63, 3.8) is 0 Å². The second kappa shape index (κ2) is 8.64. The van der Waals surface area contributed by atoms with Gasteiger partial charge in [0.2, 0.25) is 0 Å². The smallest absolute Gasteiger partial charge is 0.267 e. The number of amides is 1. The lowest BCUT2D eigenvalue weighted by molar-refractivity contribution is -0.124. The minimum Gasteiger partial charge on any atom is -0.380 e. The highest BCUT2D eigenvalue weighted by molar-refractivity contribution is 5.91. The lowest BCUT2D eigenvalue weighted by atomic mass is 10.1. The molecule has 2 rings (SSSR count). The number of anilines is 1. The summed E-state index contributed by atoms with van der Waals surface area (Å²) in [6.07, 6.45) is 3.32. The zero-order chi connectivity index (χ0) is 17.4. The van der Waals surface area contributed by atoms with Crippen LogP contribution in [0.25, 0.3) is 6.08 Å². The summed E-state index contributed by atoms with van der Waals surface area (Å²) in [6, 6.07) is 15.4. The van der Waals surface area contributed by atoms with E-state index in [-0.39, 0.29) is 5.78 Å². The predicted molar refractivity (Wildman–Crippen MR) is 93.6 cm³/mol. The van der Waals surface area contributed by atoms with Crippen LogP contribution in [0.2, 0.25) is 0 Å². The third-order valence-electron chi connectivity index (χ3n) is 3.41. The Morgan fingerprint density at radius 3 is 2.58 bits per heavy atom. The third kappa shape index (κ3) is 5.37. The van der Waals surface area contributed by atoms with Crippen LogP contribution in [-0.4, -0.2) is 16.9 Å². The molecule has 124 valence electrons. The van der Waals surface area contributed by atoms with Crippen LogP contribution in [0.5, 0.6) is 0 Å². The molecule has 0 aliphatic rings. The van der Waals surface area contributed by atoms with Gasteiger partial charge in [-0.25, -0.2) is 5.48 Å². The molecule has 3 N–H and O–H groups in total. The number of benzene rings is 2. The number of hydrogen-bond acceptors (Lipinski definition) is 4. The van der Waals surface area contributed by atoms with Gasteiger partial charge in [-0.2, -0.15) is 0 Å². The van der Waals surface area contributed by atoms with E-state index in [1.54, 1.807) is 18.5 Å². The molecule has 5 heteroatoms. The maximum atomic E-state index is 11.2. The second-order valence-corrected chi connectivity index (χ2v) is 5.45. The Kier molecular flexibility index (Phi) is 6.28. The minimum absolute atomic E-state index is 0.137. The van der Waals surface area contributed by atoms with Crippen LogP contribution >= 0.6 is 0 Å². The highest BCUT2D eigenvalue weighted by atomic mass is 16.5. The van der Waals surface area contributed by atoms with Gasteiger partial charge >= 0.3 is 0 Å². The van der Waals surface area contributed by atoms with Crippen molar-refractivity contribution < 1.29 is 14.8 Å². The number of hydrogen-bond donors (Lipinski definition) is 3. The van der Waals surface area contributed by atoms with Gasteiger partial charge in [0.05, 0.1) is 0 Å². The zero-order valence-corrected chi connectivity index (χ0v) is 13.5. The summed E-state index contributed by atoms with van der Waals surface area (Å²) in [5.41, 5.74) is 5.33. The van der Waals surface area contributed by atoms with Crippen LogP contribution in [0.15, 0.2) is 54.6 Å². The normalized spacial score (nSPS) is 10.6. The van der Waals surface area contributed by atoms with Gasteiger partial charge in [0, 0.05) is 24.7 Å². The van der Waals surface area contributed by atoms with Gasteiger partial charge < -0.3 is 5.32 Å². The Bertz CT molecular complexity index is 754. The molecule has 2 aromatic rings. The quantitative estimate of drug-likeness (QED) is 0.416. The van der Waals surface area contributed by atoms with Gasteiger partial charge in [0.1, 0.15) is 5.78 Å². The number of nitrogens with one attached hydrogen (secondary N) is 2. The summed E-state index contributed by atoms with van der Waals surface area (Å²) in [4.78, 5) is 22.3. The van der Waals surface area contributed by atoms with Crippen LogP contribution in [0, 0.1) is 0 Å². The molecule has 0 aliphatic carbocycles. The van der Waals surface area contributed by atoms with Crippen LogP contribution in [0.1, 0.15) is 23.6 Å². The van der Waals surface area contributed by atoms with Crippen LogP contribution in [0.4, 0.5) is 5.69 Å². The van der Waals surface area contributed by atoms with E-state index >= 15 is 0 Å². The molecule has 0 atom stereocenters. The summed E-state index contributed by atoms with van der Waals surface area (Å²) in [5, 5.41) is 11.9.